The fraction of sp³-hybridized carbons (Fsp3) is 0.263. The average molecular weight is 487 g/mol. The van der Waals surface area contributed by atoms with Gasteiger partial charge in [-0.3, -0.25) is 9.79 Å². The number of halogens is 2. The Balaban J connectivity index is 0.00000338. The third-order valence-corrected chi connectivity index (χ3v) is 4.04. The van der Waals surface area contributed by atoms with Gasteiger partial charge in [0.25, 0.3) is 5.91 Å². The number of benzene rings is 2. The maximum absolute atomic E-state index is 12.0. The fourth-order valence-corrected chi connectivity index (χ4v) is 2.58. The number of carbonyl (C=O) groups excluding carboxylic acids is 1. The van der Waals surface area contributed by atoms with E-state index in [0.717, 1.165) is 16.5 Å². The molecular weight excluding hydrogens is 463 g/mol. The SMILES string of the molecule is CN=C(NCCNC(=O)c1ccccc1)N(C)Cc1ccccc1Cl.I. The Hall–Kier alpha value is -1.80. The van der Waals surface area contributed by atoms with Crippen LogP contribution in [0.5, 0.6) is 0 Å². The van der Waals surface area contributed by atoms with Crippen molar-refractivity contribution in [3.05, 3.63) is 70.7 Å². The van der Waals surface area contributed by atoms with E-state index >= 15 is 0 Å². The van der Waals surface area contributed by atoms with Gasteiger partial charge >= 0.3 is 0 Å². The summed E-state index contributed by atoms with van der Waals surface area (Å²) in [4.78, 5) is 18.2. The zero-order valence-electron chi connectivity index (χ0n) is 14.9. The molecule has 2 rings (SSSR count). The molecule has 5 nitrogen and oxygen atoms in total. The van der Waals surface area contributed by atoms with Gasteiger partial charge in [-0.2, -0.15) is 0 Å². The summed E-state index contributed by atoms with van der Waals surface area (Å²) in [5.74, 6) is 0.663. The van der Waals surface area contributed by atoms with Crippen molar-refractivity contribution in [2.24, 2.45) is 4.99 Å². The molecule has 0 unspecified atom stereocenters. The predicted octanol–water partition coefficient (Wildman–Crippen LogP) is 3.40. The van der Waals surface area contributed by atoms with Gasteiger partial charge in [-0.15, -0.1) is 24.0 Å². The van der Waals surface area contributed by atoms with Crippen molar-refractivity contribution in [2.45, 2.75) is 6.54 Å². The molecule has 0 aromatic heterocycles. The first-order valence-electron chi connectivity index (χ1n) is 8.10. The van der Waals surface area contributed by atoms with E-state index in [1.807, 2.05) is 54.4 Å². The Morgan fingerprint density at radius 3 is 2.31 bits per heavy atom. The minimum Gasteiger partial charge on any atom is -0.354 e. The topological polar surface area (TPSA) is 56.7 Å². The molecule has 2 aromatic carbocycles. The summed E-state index contributed by atoms with van der Waals surface area (Å²) in [6.45, 7) is 1.74. The Labute approximate surface area is 176 Å². The molecule has 2 N–H and O–H groups in total. The van der Waals surface area contributed by atoms with Crippen LogP contribution in [0.25, 0.3) is 0 Å². The molecule has 0 heterocycles. The lowest BCUT2D eigenvalue weighted by atomic mass is 10.2. The highest BCUT2D eigenvalue weighted by Crippen LogP contribution is 2.16. The number of carbonyl (C=O) groups is 1. The highest BCUT2D eigenvalue weighted by Gasteiger charge is 2.09. The van der Waals surface area contributed by atoms with E-state index in [0.29, 0.717) is 25.2 Å². The second-order valence-electron chi connectivity index (χ2n) is 5.54. The first-order valence-corrected chi connectivity index (χ1v) is 8.48. The van der Waals surface area contributed by atoms with Crippen LogP contribution in [0.2, 0.25) is 5.02 Å². The summed E-state index contributed by atoms with van der Waals surface area (Å²) in [6, 6.07) is 16.9. The minimum atomic E-state index is -0.0817. The Morgan fingerprint density at radius 2 is 1.65 bits per heavy atom. The molecule has 0 fully saturated rings. The van der Waals surface area contributed by atoms with E-state index in [4.69, 9.17) is 11.6 Å². The summed E-state index contributed by atoms with van der Waals surface area (Å²) in [5, 5.41) is 6.85. The lowest BCUT2D eigenvalue weighted by Gasteiger charge is -2.22. The molecule has 0 aliphatic heterocycles. The number of hydrogen-bond donors (Lipinski definition) is 2. The number of nitrogens with zero attached hydrogens (tertiary/aromatic N) is 2. The van der Waals surface area contributed by atoms with Crippen LogP contribution < -0.4 is 10.6 Å². The second-order valence-corrected chi connectivity index (χ2v) is 5.95. The summed E-state index contributed by atoms with van der Waals surface area (Å²) in [5.41, 5.74) is 1.69. The Kier molecular flexibility index (Phi) is 10.0. The number of rotatable bonds is 6. The van der Waals surface area contributed by atoms with E-state index in [9.17, 15) is 4.79 Å². The molecule has 0 spiro atoms. The zero-order chi connectivity index (χ0) is 18.1. The van der Waals surface area contributed by atoms with E-state index in [2.05, 4.69) is 15.6 Å². The standard InChI is InChI=1S/C19H23ClN4O.HI/c1-21-19(24(2)14-16-10-6-7-11-17(16)20)23-13-12-22-18(25)15-8-4-3-5-9-15;/h3-11H,12-14H2,1-2H3,(H,21,23)(H,22,25);1H. The van der Waals surface area contributed by atoms with Crippen molar-refractivity contribution in [2.75, 3.05) is 27.2 Å². The van der Waals surface area contributed by atoms with Crippen LogP contribution in [0.1, 0.15) is 15.9 Å². The monoisotopic (exact) mass is 486 g/mol. The molecule has 0 atom stereocenters. The highest BCUT2D eigenvalue weighted by molar-refractivity contribution is 14.0. The van der Waals surface area contributed by atoms with Crippen molar-refractivity contribution < 1.29 is 4.79 Å². The van der Waals surface area contributed by atoms with Crippen LogP contribution in [0.15, 0.2) is 59.6 Å². The Bertz CT molecular complexity index is 724. The van der Waals surface area contributed by atoms with Crippen LogP contribution >= 0.6 is 35.6 Å². The first-order chi connectivity index (χ1) is 12.1. The van der Waals surface area contributed by atoms with Gasteiger partial charge in [0.15, 0.2) is 5.96 Å². The van der Waals surface area contributed by atoms with Gasteiger partial charge in [-0.25, -0.2) is 0 Å². The lowest BCUT2D eigenvalue weighted by molar-refractivity contribution is 0.0954. The average Bonchev–Trinajstić information content (AvgIpc) is 2.64. The maximum atomic E-state index is 12.0. The molecule has 0 aliphatic rings. The lowest BCUT2D eigenvalue weighted by Crippen LogP contribution is -2.42. The van der Waals surface area contributed by atoms with Gasteiger partial charge in [0.2, 0.25) is 0 Å². The third kappa shape index (κ3) is 6.84. The van der Waals surface area contributed by atoms with Crippen LogP contribution in [-0.4, -0.2) is 44.0 Å². The van der Waals surface area contributed by atoms with Gasteiger partial charge < -0.3 is 15.5 Å². The molecule has 0 radical (unpaired) electrons. The van der Waals surface area contributed by atoms with Crippen molar-refractivity contribution in [3.63, 3.8) is 0 Å². The number of amides is 1. The van der Waals surface area contributed by atoms with Crippen molar-refractivity contribution in [1.82, 2.24) is 15.5 Å². The molecule has 0 bridgehead atoms. The molecule has 140 valence electrons. The number of hydrogen-bond acceptors (Lipinski definition) is 2. The van der Waals surface area contributed by atoms with Crippen LogP contribution in [0.4, 0.5) is 0 Å². The van der Waals surface area contributed by atoms with E-state index in [1.54, 1.807) is 19.2 Å². The van der Waals surface area contributed by atoms with Crippen molar-refractivity contribution in [1.29, 1.82) is 0 Å². The van der Waals surface area contributed by atoms with E-state index in [1.165, 1.54) is 0 Å². The smallest absolute Gasteiger partial charge is 0.251 e. The van der Waals surface area contributed by atoms with Gasteiger partial charge in [0.05, 0.1) is 0 Å². The summed E-state index contributed by atoms with van der Waals surface area (Å²) >= 11 is 6.20. The molecule has 2 aromatic rings. The Morgan fingerprint density at radius 1 is 1.04 bits per heavy atom. The third-order valence-electron chi connectivity index (χ3n) is 3.67. The normalized spacial score (nSPS) is 10.7. The van der Waals surface area contributed by atoms with Crippen LogP contribution in [0.3, 0.4) is 0 Å². The van der Waals surface area contributed by atoms with E-state index in [-0.39, 0.29) is 29.9 Å². The number of nitrogens with one attached hydrogen (secondary N) is 2. The van der Waals surface area contributed by atoms with Gasteiger partial charge in [0.1, 0.15) is 0 Å². The fourth-order valence-electron chi connectivity index (χ4n) is 2.38. The maximum Gasteiger partial charge on any atom is 0.251 e. The minimum absolute atomic E-state index is 0. The van der Waals surface area contributed by atoms with E-state index < -0.39 is 0 Å². The van der Waals surface area contributed by atoms with Gasteiger partial charge in [-0.1, -0.05) is 48.0 Å². The largest absolute Gasteiger partial charge is 0.354 e. The predicted molar refractivity (Wildman–Crippen MR) is 118 cm³/mol. The van der Waals surface area contributed by atoms with Gasteiger partial charge in [-0.05, 0) is 23.8 Å². The van der Waals surface area contributed by atoms with Crippen LogP contribution in [-0.2, 0) is 6.54 Å². The molecule has 7 heteroatoms. The summed E-state index contributed by atoms with van der Waals surface area (Å²) in [6.07, 6.45) is 0. The van der Waals surface area contributed by atoms with Crippen molar-refractivity contribution in [3.8, 4) is 0 Å². The first kappa shape index (κ1) is 22.2. The summed E-state index contributed by atoms with van der Waals surface area (Å²) < 4.78 is 0. The highest BCUT2D eigenvalue weighted by atomic mass is 127. The van der Waals surface area contributed by atoms with Crippen molar-refractivity contribution >= 4 is 47.4 Å². The molecular formula is C19H24ClIN4O. The molecule has 0 saturated carbocycles. The molecule has 0 aliphatic carbocycles. The number of aliphatic imine (C=N–C) groups is 1. The molecule has 26 heavy (non-hydrogen) atoms. The molecule has 0 saturated heterocycles. The molecule has 1 amide bonds. The number of guanidine groups is 1. The van der Waals surface area contributed by atoms with Gasteiger partial charge in [0, 0.05) is 44.3 Å². The zero-order valence-corrected chi connectivity index (χ0v) is 18.0. The second kappa shape index (κ2) is 11.7. The van der Waals surface area contributed by atoms with Crippen LogP contribution in [0, 0.1) is 0 Å². The quantitative estimate of drug-likeness (QED) is 0.285. The summed E-state index contributed by atoms with van der Waals surface area (Å²) in [7, 11) is 3.68.